The molecule has 116 valence electrons. The first-order valence-corrected chi connectivity index (χ1v) is 7.67. The second-order valence-corrected chi connectivity index (χ2v) is 6.31. The van der Waals surface area contributed by atoms with Crippen LogP contribution >= 0.6 is 0 Å². The molecule has 0 aromatic heterocycles. The van der Waals surface area contributed by atoms with Crippen molar-refractivity contribution in [2.45, 2.75) is 52.5 Å². The number of hydrogen-bond donors (Lipinski definition) is 2. The van der Waals surface area contributed by atoms with E-state index in [0.717, 1.165) is 25.8 Å². The Hall–Kier alpha value is -1.10. The van der Waals surface area contributed by atoms with Crippen molar-refractivity contribution in [1.82, 2.24) is 10.2 Å². The molecule has 0 bridgehead atoms. The van der Waals surface area contributed by atoms with Crippen molar-refractivity contribution in [3.8, 4) is 0 Å². The van der Waals surface area contributed by atoms with Crippen molar-refractivity contribution in [3.05, 3.63) is 0 Å². The molecular weight excluding hydrogens is 254 g/mol. The Morgan fingerprint density at radius 2 is 2.10 bits per heavy atom. The highest BCUT2D eigenvalue weighted by atomic mass is 16.2. The van der Waals surface area contributed by atoms with E-state index in [1.807, 2.05) is 4.90 Å². The van der Waals surface area contributed by atoms with Crippen LogP contribution in [-0.4, -0.2) is 42.4 Å². The summed E-state index contributed by atoms with van der Waals surface area (Å²) in [5.74, 6) is 0.980. The molecule has 2 atom stereocenters. The van der Waals surface area contributed by atoms with E-state index in [-0.39, 0.29) is 23.8 Å². The van der Waals surface area contributed by atoms with Crippen LogP contribution in [0, 0.1) is 11.8 Å². The fraction of sp³-hybridized carbons (Fsp3) is 0.867. The highest BCUT2D eigenvalue weighted by Crippen LogP contribution is 2.18. The molecule has 1 saturated heterocycles. The zero-order valence-electron chi connectivity index (χ0n) is 13.0. The first kappa shape index (κ1) is 17.0. The highest BCUT2D eigenvalue weighted by Gasteiger charge is 2.25. The standard InChI is InChI=1S/C15H29N3O2/c1-11(2)7-13(9-16)8-15(20)18-6-4-5-14(10-18)17-12(3)19/h11,13-14H,4-10,16H2,1-3H3,(H,17,19)/t13-,14?/m0/s1. The lowest BCUT2D eigenvalue weighted by molar-refractivity contribution is -0.134. The molecule has 1 heterocycles. The van der Waals surface area contributed by atoms with Crippen LogP contribution in [0.2, 0.25) is 0 Å². The molecule has 1 unspecified atom stereocenters. The van der Waals surface area contributed by atoms with E-state index in [0.29, 0.717) is 25.4 Å². The van der Waals surface area contributed by atoms with Gasteiger partial charge in [-0.1, -0.05) is 13.8 Å². The van der Waals surface area contributed by atoms with E-state index in [1.54, 1.807) is 0 Å². The molecule has 1 aliphatic heterocycles. The van der Waals surface area contributed by atoms with Crippen LogP contribution in [0.3, 0.4) is 0 Å². The van der Waals surface area contributed by atoms with Gasteiger partial charge in [-0.25, -0.2) is 0 Å². The summed E-state index contributed by atoms with van der Waals surface area (Å²) >= 11 is 0. The monoisotopic (exact) mass is 283 g/mol. The molecule has 3 N–H and O–H groups in total. The van der Waals surface area contributed by atoms with Crippen LogP contribution in [-0.2, 0) is 9.59 Å². The molecule has 0 radical (unpaired) electrons. The van der Waals surface area contributed by atoms with E-state index in [1.165, 1.54) is 6.92 Å². The normalized spacial score (nSPS) is 20.9. The Balaban J connectivity index is 2.47. The Morgan fingerprint density at radius 3 is 2.65 bits per heavy atom. The van der Waals surface area contributed by atoms with E-state index in [4.69, 9.17) is 5.73 Å². The highest BCUT2D eigenvalue weighted by molar-refractivity contribution is 5.77. The maximum absolute atomic E-state index is 12.3. The van der Waals surface area contributed by atoms with E-state index in [2.05, 4.69) is 19.2 Å². The van der Waals surface area contributed by atoms with Crippen molar-refractivity contribution in [1.29, 1.82) is 0 Å². The average molecular weight is 283 g/mol. The van der Waals surface area contributed by atoms with Crippen LogP contribution in [0.15, 0.2) is 0 Å². The number of nitrogens with zero attached hydrogens (tertiary/aromatic N) is 1. The second kappa shape index (κ2) is 8.25. The van der Waals surface area contributed by atoms with Crippen LogP contribution in [0.25, 0.3) is 0 Å². The summed E-state index contributed by atoms with van der Waals surface area (Å²) < 4.78 is 0. The van der Waals surface area contributed by atoms with E-state index >= 15 is 0 Å². The molecule has 2 amide bonds. The number of likely N-dealkylation sites (tertiary alicyclic amines) is 1. The number of carbonyl (C=O) groups is 2. The first-order valence-electron chi connectivity index (χ1n) is 7.67. The Bertz CT molecular complexity index is 331. The van der Waals surface area contributed by atoms with E-state index < -0.39 is 0 Å². The third-order valence-corrected chi connectivity index (χ3v) is 3.78. The lowest BCUT2D eigenvalue weighted by atomic mass is 9.93. The SMILES string of the molecule is CC(=O)NC1CCCN(C(=O)C[C@@H](CN)CC(C)C)C1. The molecule has 0 saturated carbocycles. The van der Waals surface area contributed by atoms with E-state index in [9.17, 15) is 9.59 Å². The van der Waals surface area contributed by atoms with Gasteiger partial charge in [0.2, 0.25) is 11.8 Å². The quantitative estimate of drug-likeness (QED) is 0.767. The first-order chi connectivity index (χ1) is 9.42. The van der Waals surface area contributed by atoms with Gasteiger partial charge in [0.1, 0.15) is 0 Å². The molecule has 5 nitrogen and oxygen atoms in total. The van der Waals surface area contributed by atoms with Gasteiger partial charge < -0.3 is 16.0 Å². The summed E-state index contributed by atoms with van der Waals surface area (Å²) in [6, 6.07) is 0.103. The predicted molar refractivity (Wildman–Crippen MR) is 80.0 cm³/mol. The Morgan fingerprint density at radius 1 is 1.40 bits per heavy atom. The average Bonchev–Trinajstić information content (AvgIpc) is 2.36. The minimum atomic E-state index is -0.0241. The smallest absolute Gasteiger partial charge is 0.222 e. The van der Waals surface area contributed by atoms with Gasteiger partial charge in [-0.3, -0.25) is 9.59 Å². The molecule has 20 heavy (non-hydrogen) atoms. The number of carbonyl (C=O) groups excluding carboxylic acids is 2. The minimum Gasteiger partial charge on any atom is -0.352 e. The van der Waals surface area contributed by atoms with Gasteiger partial charge in [-0.2, -0.15) is 0 Å². The van der Waals surface area contributed by atoms with Gasteiger partial charge in [0.25, 0.3) is 0 Å². The zero-order chi connectivity index (χ0) is 15.1. The maximum atomic E-state index is 12.3. The van der Waals surface area contributed by atoms with Crippen molar-refractivity contribution in [2.24, 2.45) is 17.6 Å². The van der Waals surface area contributed by atoms with Gasteiger partial charge in [-0.05, 0) is 37.6 Å². The van der Waals surface area contributed by atoms with Crippen LogP contribution < -0.4 is 11.1 Å². The molecule has 5 heteroatoms. The number of hydrogen-bond acceptors (Lipinski definition) is 3. The van der Waals surface area contributed by atoms with Gasteiger partial charge in [0.05, 0.1) is 0 Å². The summed E-state index contributed by atoms with van der Waals surface area (Å²) in [4.78, 5) is 25.3. The molecular formula is C15H29N3O2. The number of rotatable bonds is 6. The van der Waals surface area contributed by atoms with Gasteiger partial charge in [-0.15, -0.1) is 0 Å². The number of nitrogens with two attached hydrogens (primary N) is 1. The Kier molecular flexibility index (Phi) is 6.99. The number of nitrogens with one attached hydrogen (secondary N) is 1. The maximum Gasteiger partial charge on any atom is 0.222 e. The fourth-order valence-corrected chi connectivity index (χ4v) is 2.91. The van der Waals surface area contributed by atoms with Crippen molar-refractivity contribution < 1.29 is 9.59 Å². The fourth-order valence-electron chi connectivity index (χ4n) is 2.91. The molecule has 1 aliphatic rings. The minimum absolute atomic E-state index is 0.0241. The van der Waals surface area contributed by atoms with Gasteiger partial charge in [0, 0.05) is 32.5 Å². The summed E-state index contributed by atoms with van der Waals surface area (Å²) in [7, 11) is 0. The molecule has 1 fully saturated rings. The molecule has 0 spiro atoms. The van der Waals surface area contributed by atoms with Crippen LogP contribution in [0.4, 0.5) is 0 Å². The summed E-state index contributed by atoms with van der Waals surface area (Å²) in [5.41, 5.74) is 5.76. The second-order valence-electron chi connectivity index (χ2n) is 6.31. The van der Waals surface area contributed by atoms with Crippen LogP contribution in [0.5, 0.6) is 0 Å². The lowest BCUT2D eigenvalue weighted by Crippen LogP contribution is -2.49. The number of amides is 2. The predicted octanol–water partition coefficient (Wildman–Crippen LogP) is 1.12. The van der Waals surface area contributed by atoms with Crippen molar-refractivity contribution in [2.75, 3.05) is 19.6 Å². The van der Waals surface area contributed by atoms with Gasteiger partial charge >= 0.3 is 0 Å². The van der Waals surface area contributed by atoms with Crippen LogP contribution in [0.1, 0.15) is 46.5 Å². The Labute approximate surface area is 122 Å². The molecule has 0 aromatic carbocycles. The van der Waals surface area contributed by atoms with Crippen molar-refractivity contribution >= 4 is 11.8 Å². The summed E-state index contributed by atoms with van der Waals surface area (Å²) in [6.07, 6.45) is 3.43. The molecule has 0 aromatic rings. The largest absolute Gasteiger partial charge is 0.352 e. The number of piperidine rings is 1. The molecule has 0 aliphatic carbocycles. The third kappa shape index (κ3) is 5.90. The topological polar surface area (TPSA) is 75.4 Å². The summed E-state index contributed by atoms with van der Waals surface area (Å²) in [5, 5.41) is 2.91. The molecule has 1 rings (SSSR count). The zero-order valence-corrected chi connectivity index (χ0v) is 13.0. The van der Waals surface area contributed by atoms with Crippen molar-refractivity contribution in [3.63, 3.8) is 0 Å². The third-order valence-electron chi connectivity index (χ3n) is 3.78. The summed E-state index contributed by atoms with van der Waals surface area (Å²) in [6.45, 7) is 7.83. The van der Waals surface area contributed by atoms with Gasteiger partial charge in [0.15, 0.2) is 0 Å². The lowest BCUT2D eigenvalue weighted by Gasteiger charge is -2.34.